The van der Waals surface area contributed by atoms with Crippen LogP contribution in [0.1, 0.15) is 30.4 Å². The number of carbonyl (C=O) groups excluding carboxylic acids is 2. The van der Waals surface area contributed by atoms with Crippen molar-refractivity contribution in [3.63, 3.8) is 0 Å². The van der Waals surface area contributed by atoms with Crippen LogP contribution in [0.15, 0.2) is 54.6 Å². The van der Waals surface area contributed by atoms with Gasteiger partial charge in [-0.25, -0.2) is 4.79 Å². The summed E-state index contributed by atoms with van der Waals surface area (Å²) in [4.78, 5) is 27.6. The van der Waals surface area contributed by atoms with Crippen LogP contribution < -0.4 is 10.6 Å². The Labute approximate surface area is 205 Å². The third-order valence-electron chi connectivity index (χ3n) is 7.10. The molecule has 2 heterocycles. The molecule has 3 N–H and O–H groups in total. The fourth-order valence-electron chi connectivity index (χ4n) is 5.45. The fraction of sp³-hybridized carbons (Fsp3) is 0.481. The second-order valence-corrected chi connectivity index (χ2v) is 9.73. The lowest BCUT2D eigenvalue weighted by Gasteiger charge is -2.44. The minimum atomic E-state index is -0.767. The van der Waals surface area contributed by atoms with Gasteiger partial charge in [-0.3, -0.25) is 4.79 Å². The van der Waals surface area contributed by atoms with Gasteiger partial charge in [0.1, 0.15) is 6.10 Å². The summed E-state index contributed by atoms with van der Waals surface area (Å²) in [5, 5.41) is 16.4. The highest BCUT2D eigenvalue weighted by Gasteiger charge is 2.40. The molecule has 8 nitrogen and oxygen atoms in total. The number of rotatable bonds is 4. The van der Waals surface area contributed by atoms with Gasteiger partial charge in [0, 0.05) is 11.7 Å². The maximum Gasteiger partial charge on any atom is 0.322 e. The maximum atomic E-state index is 13.1. The zero-order valence-corrected chi connectivity index (χ0v) is 19.8. The third kappa shape index (κ3) is 5.83. The predicted octanol–water partition coefficient (Wildman–Crippen LogP) is 2.50. The standard InChI is InChI=1S/C27H33N3O5/c31-22-15-30(27(33)29-20-8-2-1-3-9-20)24-11-10-23(35-25(24)17-34-16-22)14-26(32)28-21-12-18-6-4-5-7-19(18)13-21/h1-9,21-25,31H,10-17H2,(H,28,32)(H,29,33)/t22-,23-,24+,25-/m0/s1. The molecule has 0 spiro atoms. The van der Waals surface area contributed by atoms with Gasteiger partial charge in [-0.1, -0.05) is 42.5 Å². The molecule has 186 valence electrons. The number of anilines is 1. The number of nitrogens with one attached hydrogen (secondary N) is 2. The molecular weight excluding hydrogens is 446 g/mol. The highest BCUT2D eigenvalue weighted by atomic mass is 16.5. The Bertz CT molecular complexity index is 1010. The minimum absolute atomic E-state index is 0.00730. The van der Waals surface area contributed by atoms with Gasteiger partial charge >= 0.3 is 6.03 Å². The molecule has 35 heavy (non-hydrogen) atoms. The van der Waals surface area contributed by atoms with Crippen LogP contribution in [0.25, 0.3) is 0 Å². The second kappa shape index (κ2) is 10.8. The highest BCUT2D eigenvalue weighted by molar-refractivity contribution is 5.89. The molecule has 1 aliphatic carbocycles. The van der Waals surface area contributed by atoms with Crippen molar-refractivity contribution in [3.05, 3.63) is 65.7 Å². The van der Waals surface area contributed by atoms with Crippen LogP contribution in [-0.4, -0.2) is 72.1 Å². The molecule has 5 rings (SSSR count). The Balaban J connectivity index is 1.18. The van der Waals surface area contributed by atoms with Gasteiger partial charge in [0.2, 0.25) is 5.91 Å². The van der Waals surface area contributed by atoms with E-state index in [4.69, 9.17) is 9.47 Å². The van der Waals surface area contributed by atoms with Crippen molar-refractivity contribution in [3.8, 4) is 0 Å². The van der Waals surface area contributed by atoms with Crippen molar-refractivity contribution in [2.24, 2.45) is 0 Å². The number of β-amino-alcohol motifs (C(OH)–C–C–N with tert-alkyl or cyclic N) is 1. The number of ether oxygens (including phenoxy) is 2. The van der Waals surface area contributed by atoms with E-state index in [2.05, 4.69) is 22.8 Å². The van der Waals surface area contributed by atoms with E-state index in [9.17, 15) is 14.7 Å². The first-order chi connectivity index (χ1) is 17.0. The molecule has 2 saturated heterocycles. The fourth-order valence-corrected chi connectivity index (χ4v) is 5.45. The molecule has 0 saturated carbocycles. The Morgan fingerprint density at radius 1 is 0.971 bits per heavy atom. The van der Waals surface area contributed by atoms with E-state index in [1.54, 1.807) is 4.90 Å². The average Bonchev–Trinajstić information content (AvgIpc) is 3.24. The number of benzene rings is 2. The summed E-state index contributed by atoms with van der Waals surface area (Å²) in [6.45, 7) is 0.568. The molecule has 8 heteroatoms. The zero-order valence-electron chi connectivity index (χ0n) is 19.8. The van der Waals surface area contributed by atoms with Gasteiger partial charge in [0.05, 0.1) is 44.4 Å². The molecule has 4 atom stereocenters. The quantitative estimate of drug-likeness (QED) is 0.626. The van der Waals surface area contributed by atoms with E-state index >= 15 is 0 Å². The van der Waals surface area contributed by atoms with Crippen LogP contribution in [0.3, 0.4) is 0 Å². The first-order valence-electron chi connectivity index (χ1n) is 12.4. The smallest absolute Gasteiger partial charge is 0.322 e. The number of para-hydroxylation sites is 1. The normalized spacial score (nSPS) is 26.7. The van der Waals surface area contributed by atoms with Crippen LogP contribution >= 0.6 is 0 Å². The number of hydrogen-bond acceptors (Lipinski definition) is 5. The van der Waals surface area contributed by atoms with Gasteiger partial charge < -0.3 is 30.1 Å². The molecule has 0 radical (unpaired) electrons. The summed E-state index contributed by atoms with van der Waals surface area (Å²) >= 11 is 0. The summed E-state index contributed by atoms with van der Waals surface area (Å²) in [6.07, 6.45) is 1.99. The molecule has 0 aromatic heterocycles. The Morgan fingerprint density at radius 2 is 1.69 bits per heavy atom. The van der Waals surface area contributed by atoms with E-state index in [0.717, 1.165) is 12.8 Å². The number of aliphatic hydroxyl groups excluding tert-OH is 1. The van der Waals surface area contributed by atoms with E-state index in [1.807, 2.05) is 42.5 Å². The number of carbonyl (C=O) groups is 2. The van der Waals surface area contributed by atoms with Crippen LogP contribution in [0.5, 0.6) is 0 Å². The van der Waals surface area contributed by atoms with Crippen LogP contribution in [-0.2, 0) is 27.1 Å². The van der Waals surface area contributed by atoms with Gasteiger partial charge in [-0.15, -0.1) is 0 Å². The lowest BCUT2D eigenvalue weighted by atomic mass is 9.95. The SMILES string of the molecule is O=C(C[C@@H]1CC[C@@H]2[C@H](COC[C@@H](O)CN2C(=O)Nc2ccccc2)O1)NC1Cc2ccccc2C1. The van der Waals surface area contributed by atoms with Crippen LogP contribution in [0, 0.1) is 0 Å². The Morgan fingerprint density at radius 3 is 2.43 bits per heavy atom. The molecule has 2 aromatic rings. The molecule has 0 bridgehead atoms. The zero-order chi connectivity index (χ0) is 24.2. The van der Waals surface area contributed by atoms with Crippen molar-refractivity contribution in [1.82, 2.24) is 10.2 Å². The first kappa shape index (κ1) is 23.8. The highest BCUT2D eigenvalue weighted by Crippen LogP contribution is 2.29. The molecular formula is C27H33N3O5. The molecule has 3 amide bonds. The summed E-state index contributed by atoms with van der Waals surface area (Å²) in [5.74, 6) is -0.00730. The lowest BCUT2D eigenvalue weighted by molar-refractivity contribution is -0.150. The largest absolute Gasteiger partial charge is 0.389 e. The minimum Gasteiger partial charge on any atom is -0.389 e. The van der Waals surface area contributed by atoms with Gasteiger partial charge in [-0.05, 0) is 48.9 Å². The molecule has 3 aliphatic rings. The van der Waals surface area contributed by atoms with E-state index in [0.29, 0.717) is 18.5 Å². The molecule has 2 aliphatic heterocycles. The number of hydrogen-bond donors (Lipinski definition) is 3. The topological polar surface area (TPSA) is 100 Å². The van der Waals surface area contributed by atoms with E-state index in [1.165, 1.54) is 11.1 Å². The summed E-state index contributed by atoms with van der Waals surface area (Å²) in [5.41, 5.74) is 3.30. The van der Waals surface area contributed by atoms with Crippen molar-refractivity contribution in [2.75, 3.05) is 25.1 Å². The first-order valence-corrected chi connectivity index (χ1v) is 12.4. The summed E-state index contributed by atoms with van der Waals surface area (Å²) in [6, 6.07) is 17.2. The summed E-state index contributed by atoms with van der Waals surface area (Å²) in [7, 11) is 0. The van der Waals surface area contributed by atoms with Crippen molar-refractivity contribution >= 4 is 17.6 Å². The molecule has 0 unspecified atom stereocenters. The summed E-state index contributed by atoms with van der Waals surface area (Å²) < 4.78 is 12.0. The maximum absolute atomic E-state index is 13.1. The van der Waals surface area contributed by atoms with Crippen molar-refractivity contribution in [2.45, 2.75) is 62.5 Å². The van der Waals surface area contributed by atoms with Gasteiger partial charge in [0.15, 0.2) is 0 Å². The number of urea groups is 1. The predicted molar refractivity (Wildman–Crippen MR) is 131 cm³/mol. The Hall–Kier alpha value is -2.94. The third-order valence-corrected chi connectivity index (χ3v) is 7.10. The van der Waals surface area contributed by atoms with Crippen molar-refractivity contribution < 1.29 is 24.2 Å². The van der Waals surface area contributed by atoms with Gasteiger partial charge in [-0.2, -0.15) is 0 Å². The van der Waals surface area contributed by atoms with Gasteiger partial charge in [0.25, 0.3) is 0 Å². The number of amides is 3. The molecule has 2 aromatic carbocycles. The number of aliphatic hydroxyl groups is 1. The van der Waals surface area contributed by atoms with Crippen LogP contribution in [0.4, 0.5) is 10.5 Å². The van der Waals surface area contributed by atoms with E-state index in [-0.39, 0.29) is 62.4 Å². The second-order valence-electron chi connectivity index (χ2n) is 9.73. The number of nitrogens with zero attached hydrogens (tertiary/aromatic N) is 1. The number of fused-ring (bicyclic) bond motifs is 2. The Kier molecular flexibility index (Phi) is 7.32. The average molecular weight is 480 g/mol. The van der Waals surface area contributed by atoms with Crippen LogP contribution in [0.2, 0.25) is 0 Å². The van der Waals surface area contributed by atoms with Crippen molar-refractivity contribution in [1.29, 1.82) is 0 Å². The molecule has 2 fully saturated rings. The monoisotopic (exact) mass is 479 g/mol. The van der Waals surface area contributed by atoms with E-state index < -0.39 is 6.10 Å². The lowest BCUT2D eigenvalue weighted by Crippen LogP contribution is -2.58.